The first-order valence-electron chi connectivity index (χ1n) is 6.89. The van der Waals surface area contributed by atoms with Gasteiger partial charge < -0.3 is 15.2 Å². The second-order valence-electron chi connectivity index (χ2n) is 4.99. The summed E-state index contributed by atoms with van der Waals surface area (Å²) in [6, 6.07) is 8.06. The molecule has 0 amide bonds. The first-order chi connectivity index (χ1) is 10.2. The minimum atomic E-state index is -0.106. The van der Waals surface area contributed by atoms with Crippen molar-refractivity contribution in [3.05, 3.63) is 45.1 Å². The van der Waals surface area contributed by atoms with E-state index in [-0.39, 0.29) is 6.04 Å². The number of thioether (sulfide) groups is 1. The lowest BCUT2D eigenvalue weighted by Crippen LogP contribution is -2.10. The molecule has 0 aliphatic carbocycles. The molecule has 1 aliphatic heterocycles. The van der Waals surface area contributed by atoms with Crippen molar-refractivity contribution in [3.8, 4) is 11.5 Å². The van der Waals surface area contributed by atoms with Gasteiger partial charge in [-0.2, -0.15) is 11.8 Å². The van der Waals surface area contributed by atoms with E-state index >= 15 is 0 Å². The van der Waals surface area contributed by atoms with Gasteiger partial charge in [-0.25, -0.2) is 0 Å². The van der Waals surface area contributed by atoms with Crippen LogP contribution < -0.4 is 15.2 Å². The highest BCUT2D eigenvalue weighted by molar-refractivity contribution is 7.98. The summed E-state index contributed by atoms with van der Waals surface area (Å²) >= 11 is 3.85. The van der Waals surface area contributed by atoms with Gasteiger partial charge in [0.2, 0.25) is 0 Å². The van der Waals surface area contributed by atoms with Crippen molar-refractivity contribution in [2.75, 3.05) is 20.0 Å². The second-order valence-corrected chi connectivity index (χ2v) is 7.27. The lowest BCUT2D eigenvalue weighted by molar-refractivity contribution is 0.354. The SMILES string of the molecule is COc1ccc(C(N)c2cc3c(s2)CCSC3)cc1OC. The van der Waals surface area contributed by atoms with Crippen LogP contribution in [-0.2, 0) is 12.2 Å². The third-order valence-corrected chi connectivity index (χ3v) is 6.05. The van der Waals surface area contributed by atoms with Gasteiger partial charge in [0.1, 0.15) is 0 Å². The van der Waals surface area contributed by atoms with Crippen LogP contribution in [0.1, 0.15) is 26.9 Å². The van der Waals surface area contributed by atoms with E-state index in [2.05, 4.69) is 6.07 Å². The lowest BCUT2D eigenvalue weighted by atomic mass is 10.0. The molecule has 21 heavy (non-hydrogen) atoms. The van der Waals surface area contributed by atoms with E-state index in [1.165, 1.54) is 27.5 Å². The average molecular weight is 321 g/mol. The van der Waals surface area contributed by atoms with Crippen LogP contribution in [0.2, 0.25) is 0 Å². The standard InChI is InChI=1S/C16H19NO2S2/c1-18-12-4-3-10(7-13(12)19-2)16(17)15-8-11-9-20-6-5-14(11)21-15/h3-4,7-8,16H,5-6,9,17H2,1-2H3. The number of ether oxygens (including phenoxy) is 2. The molecular formula is C16H19NO2S2. The van der Waals surface area contributed by atoms with Gasteiger partial charge >= 0.3 is 0 Å². The molecule has 0 saturated carbocycles. The molecule has 0 fully saturated rings. The Balaban J connectivity index is 1.90. The maximum atomic E-state index is 6.45. The molecule has 2 heterocycles. The van der Waals surface area contributed by atoms with Gasteiger partial charge in [-0.3, -0.25) is 0 Å². The Hall–Kier alpha value is -1.17. The molecule has 112 valence electrons. The van der Waals surface area contributed by atoms with Crippen LogP contribution in [0.5, 0.6) is 11.5 Å². The predicted octanol–water partition coefficient (Wildman–Crippen LogP) is 3.60. The zero-order valence-corrected chi connectivity index (χ0v) is 13.9. The molecule has 0 radical (unpaired) electrons. The normalized spacial score (nSPS) is 15.4. The Morgan fingerprint density at radius 1 is 1.14 bits per heavy atom. The van der Waals surface area contributed by atoms with E-state index in [1.54, 1.807) is 14.2 Å². The van der Waals surface area contributed by atoms with Crippen LogP contribution in [0.15, 0.2) is 24.3 Å². The molecule has 3 nitrogen and oxygen atoms in total. The van der Waals surface area contributed by atoms with Gasteiger partial charge in [0, 0.05) is 15.5 Å². The highest BCUT2D eigenvalue weighted by atomic mass is 32.2. The maximum absolute atomic E-state index is 6.45. The Kier molecular flexibility index (Phi) is 4.42. The molecule has 3 rings (SSSR count). The number of benzene rings is 1. The minimum absolute atomic E-state index is 0.106. The molecule has 0 saturated heterocycles. The molecule has 5 heteroatoms. The van der Waals surface area contributed by atoms with Crippen molar-refractivity contribution in [1.29, 1.82) is 0 Å². The Morgan fingerprint density at radius 3 is 2.67 bits per heavy atom. The summed E-state index contributed by atoms with van der Waals surface area (Å²) in [6.45, 7) is 0. The molecule has 1 aromatic carbocycles. The highest BCUT2D eigenvalue weighted by Crippen LogP contribution is 2.37. The van der Waals surface area contributed by atoms with Crippen molar-refractivity contribution >= 4 is 23.1 Å². The summed E-state index contributed by atoms with van der Waals surface area (Å²) in [5, 5.41) is 0. The van der Waals surface area contributed by atoms with E-state index in [1.807, 2.05) is 41.3 Å². The summed E-state index contributed by atoms with van der Waals surface area (Å²) in [6.07, 6.45) is 1.17. The van der Waals surface area contributed by atoms with Gasteiger partial charge in [-0.15, -0.1) is 11.3 Å². The molecule has 1 aliphatic rings. The molecule has 0 bridgehead atoms. The van der Waals surface area contributed by atoms with Crippen molar-refractivity contribution in [3.63, 3.8) is 0 Å². The predicted molar refractivity (Wildman–Crippen MR) is 89.8 cm³/mol. The van der Waals surface area contributed by atoms with E-state index in [4.69, 9.17) is 15.2 Å². The molecule has 0 spiro atoms. The zero-order chi connectivity index (χ0) is 14.8. The fourth-order valence-electron chi connectivity index (χ4n) is 2.53. The van der Waals surface area contributed by atoms with Crippen LogP contribution in [-0.4, -0.2) is 20.0 Å². The van der Waals surface area contributed by atoms with E-state index in [9.17, 15) is 0 Å². The van der Waals surface area contributed by atoms with Crippen molar-refractivity contribution in [2.24, 2.45) is 5.73 Å². The first-order valence-corrected chi connectivity index (χ1v) is 8.86. The number of aryl methyl sites for hydroxylation is 1. The average Bonchev–Trinajstić information content (AvgIpc) is 2.97. The zero-order valence-electron chi connectivity index (χ0n) is 12.2. The topological polar surface area (TPSA) is 44.5 Å². The number of nitrogens with two attached hydrogens (primary N) is 1. The minimum Gasteiger partial charge on any atom is -0.493 e. The van der Waals surface area contributed by atoms with Crippen molar-refractivity contribution in [1.82, 2.24) is 0 Å². The fourth-order valence-corrected chi connectivity index (χ4v) is 4.94. The number of hydrogen-bond acceptors (Lipinski definition) is 5. The Labute approximate surface area is 133 Å². The summed E-state index contributed by atoms with van der Waals surface area (Å²) < 4.78 is 10.6. The summed E-state index contributed by atoms with van der Waals surface area (Å²) in [5.41, 5.74) is 8.97. The van der Waals surface area contributed by atoms with Crippen LogP contribution in [0.25, 0.3) is 0 Å². The molecule has 1 atom stereocenters. The molecular weight excluding hydrogens is 302 g/mol. The molecule has 2 aromatic rings. The fraction of sp³-hybridized carbons (Fsp3) is 0.375. The number of fused-ring (bicyclic) bond motifs is 1. The van der Waals surface area contributed by atoms with Crippen LogP contribution in [0.4, 0.5) is 0 Å². The van der Waals surface area contributed by atoms with Gasteiger partial charge in [-0.1, -0.05) is 6.07 Å². The first kappa shape index (κ1) is 14.8. The molecule has 1 aromatic heterocycles. The third kappa shape index (κ3) is 2.91. The number of methoxy groups -OCH3 is 2. The van der Waals surface area contributed by atoms with Gasteiger partial charge in [0.15, 0.2) is 11.5 Å². The van der Waals surface area contributed by atoms with Crippen LogP contribution >= 0.6 is 23.1 Å². The number of thiophene rings is 1. The van der Waals surface area contributed by atoms with Crippen molar-refractivity contribution < 1.29 is 9.47 Å². The van der Waals surface area contributed by atoms with E-state index in [0.717, 1.165) is 22.8 Å². The monoisotopic (exact) mass is 321 g/mol. The summed E-state index contributed by atoms with van der Waals surface area (Å²) in [4.78, 5) is 2.73. The van der Waals surface area contributed by atoms with E-state index < -0.39 is 0 Å². The van der Waals surface area contributed by atoms with Gasteiger partial charge in [-0.05, 0) is 41.5 Å². The highest BCUT2D eigenvalue weighted by Gasteiger charge is 2.19. The Bertz CT molecular complexity index is 616. The third-order valence-electron chi connectivity index (χ3n) is 3.72. The Morgan fingerprint density at radius 2 is 1.95 bits per heavy atom. The van der Waals surface area contributed by atoms with Crippen LogP contribution in [0, 0.1) is 0 Å². The quantitative estimate of drug-likeness (QED) is 0.934. The summed E-state index contributed by atoms with van der Waals surface area (Å²) in [5.74, 6) is 3.79. The van der Waals surface area contributed by atoms with Gasteiger partial charge in [0.05, 0.1) is 20.3 Å². The van der Waals surface area contributed by atoms with E-state index in [0.29, 0.717) is 0 Å². The van der Waals surface area contributed by atoms with Crippen molar-refractivity contribution in [2.45, 2.75) is 18.2 Å². The lowest BCUT2D eigenvalue weighted by Gasteiger charge is -2.13. The van der Waals surface area contributed by atoms with Gasteiger partial charge in [0.25, 0.3) is 0 Å². The number of rotatable bonds is 4. The molecule has 1 unspecified atom stereocenters. The van der Waals surface area contributed by atoms with Crippen LogP contribution in [0.3, 0.4) is 0 Å². The largest absolute Gasteiger partial charge is 0.493 e. The number of hydrogen-bond donors (Lipinski definition) is 1. The maximum Gasteiger partial charge on any atom is 0.161 e. The summed E-state index contributed by atoms with van der Waals surface area (Å²) in [7, 11) is 3.29. The molecule has 2 N–H and O–H groups in total. The smallest absolute Gasteiger partial charge is 0.161 e. The second kappa shape index (κ2) is 6.30.